The molecule has 0 spiro atoms. The lowest BCUT2D eigenvalue weighted by Crippen LogP contribution is -2.25. The van der Waals surface area contributed by atoms with Crippen molar-refractivity contribution in [1.29, 1.82) is 0 Å². The second kappa shape index (κ2) is 11.0. The van der Waals surface area contributed by atoms with E-state index in [1.807, 2.05) is 6.92 Å². The van der Waals surface area contributed by atoms with Crippen LogP contribution >= 0.6 is 0 Å². The third kappa shape index (κ3) is 5.47. The molecule has 4 heterocycles. The number of benzene rings is 1. The summed E-state index contributed by atoms with van der Waals surface area (Å²) in [6.07, 6.45) is 9.04. The highest BCUT2D eigenvalue weighted by Gasteiger charge is 2.15. The first-order valence-corrected chi connectivity index (χ1v) is 12.4. The normalized spacial score (nSPS) is 16.3. The van der Waals surface area contributed by atoms with Crippen LogP contribution in [-0.4, -0.2) is 76.6 Å². The van der Waals surface area contributed by atoms with Crippen LogP contribution in [0.25, 0.3) is 16.7 Å². The van der Waals surface area contributed by atoms with E-state index < -0.39 is 0 Å². The van der Waals surface area contributed by atoms with Crippen molar-refractivity contribution in [2.45, 2.75) is 26.3 Å². The molecule has 1 fully saturated rings. The highest BCUT2D eigenvalue weighted by Crippen LogP contribution is 2.21. The summed E-state index contributed by atoms with van der Waals surface area (Å²) in [4.78, 5) is 31.6. The summed E-state index contributed by atoms with van der Waals surface area (Å²) >= 11 is 0. The van der Waals surface area contributed by atoms with Crippen LogP contribution < -0.4 is 10.4 Å². The molecule has 0 radical (unpaired) electrons. The standard InChI is InChI=1S/C27H32N6O3/c1-19-24-25(31-26(29-19)36-16-15-35-2)33(27(34)30-24)17-20-5-7-21(8-6-20)22-9-10-23(28-12-11-22)18-32-13-3-4-14-32/h5-11H,3-4,12-18H2,1-2H3,(H,30,34). The van der Waals surface area contributed by atoms with Gasteiger partial charge in [-0.15, -0.1) is 0 Å². The number of nitrogens with one attached hydrogen (secondary N) is 1. The molecule has 3 aromatic rings. The van der Waals surface area contributed by atoms with Crippen LogP contribution in [0.5, 0.6) is 6.01 Å². The smallest absolute Gasteiger partial charge is 0.328 e. The van der Waals surface area contributed by atoms with Gasteiger partial charge >= 0.3 is 11.7 Å². The minimum absolute atomic E-state index is 0.224. The average molecular weight is 489 g/mol. The lowest BCUT2D eigenvalue weighted by atomic mass is 10.0. The summed E-state index contributed by atoms with van der Waals surface area (Å²) in [6, 6.07) is 8.53. The Balaban J connectivity index is 1.30. The Hall–Kier alpha value is -3.56. The van der Waals surface area contributed by atoms with Gasteiger partial charge in [-0.25, -0.2) is 4.79 Å². The Labute approximate surface area is 210 Å². The Bertz CT molecular complexity index is 1360. The highest BCUT2D eigenvalue weighted by atomic mass is 16.5. The lowest BCUT2D eigenvalue weighted by molar-refractivity contribution is 0.141. The van der Waals surface area contributed by atoms with Crippen LogP contribution in [0.4, 0.5) is 0 Å². The van der Waals surface area contributed by atoms with Gasteiger partial charge in [0.05, 0.1) is 25.4 Å². The molecule has 36 heavy (non-hydrogen) atoms. The fraction of sp³-hybridized carbons (Fsp3) is 0.407. The number of allylic oxidation sites excluding steroid dienone is 2. The van der Waals surface area contributed by atoms with Crippen molar-refractivity contribution in [2.24, 2.45) is 4.99 Å². The molecule has 2 aliphatic rings. The van der Waals surface area contributed by atoms with Crippen molar-refractivity contribution in [2.75, 3.05) is 46.5 Å². The van der Waals surface area contributed by atoms with Crippen LogP contribution in [0, 0.1) is 6.92 Å². The van der Waals surface area contributed by atoms with E-state index in [9.17, 15) is 4.79 Å². The Morgan fingerprint density at radius 1 is 1.03 bits per heavy atom. The number of ether oxygens (including phenoxy) is 2. The van der Waals surface area contributed by atoms with E-state index in [1.165, 1.54) is 25.9 Å². The molecule has 0 amide bonds. The number of aliphatic imine (C=N–C) groups is 1. The minimum Gasteiger partial charge on any atom is -0.461 e. The third-order valence-electron chi connectivity index (χ3n) is 6.57. The Kier molecular flexibility index (Phi) is 7.39. The van der Waals surface area contributed by atoms with Gasteiger partial charge in [-0.1, -0.05) is 36.4 Å². The number of aromatic amines is 1. The maximum Gasteiger partial charge on any atom is 0.328 e. The Morgan fingerprint density at radius 3 is 2.61 bits per heavy atom. The molecule has 0 unspecified atom stereocenters. The van der Waals surface area contributed by atoms with Crippen LogP contribution in [0.2, 0.25) is 0 Å². The lowest BCUT2D eigenvalue weighted by Gasteiger charge is -2.13. The van der Waals surface area contributed by atoms with E-state index in [2.05, 4.69) is 62.3 Å². The number of likely N-dealkylation sites (tertiary alicyclic amines) is 1. The number of aromatic nitrogens is 4. The molecule has 9 heteroatoms. The zero-order valence-electron chi connectivity index (χ0n) is 20.9. The molecule has 1 N–H and O–H groups in total. The molecule has 0 bridgehead atoms. The summed E-state index contributed by atoms with van der Waals surface area (Å²) in [5.41, 5.74) is 6.02. The molecular weight excluding hydrogens is 456 g/mol. The largest absolute Gasteiger partial charge is 0.461 e. The first-order chi connectivity index (χ1) is 17.6. The minimum atomic E-state index is -0.224. The van der Waals surface area contributed by atoms with E-state index in [-0.39, 0.29) is 11.7 Å². The molecule has 0 atom stereocenters. The van der Waals surface area contributed by atoms with Crippen molar-refractivity contribution < 1.29 is 9.47 Å². The molecule has 2 aromatic heterocycles. The van der Waals surface area contributed by atoms with Gasteiger partial charge in [0.2, 0.25) is 0 Å². The van der Waals surface area contributed by atoms with Crippen molar-refractivity contribution in [3.63, 3.8) is 0 Å². The van der Waals surface area contributed by atoms with Gasteiger partial charge in [-0.2, -0.15) is 9.97 Å². The van der Waals surface area contributed by atoms with E-state index in [1.54, 1.807) is 11.7 Å². The predicted octanol–water partition coefficient (Wildman–Crippen LogP) is 2.99. The topological polar surface area (TPSA) is 97.6 Å². The number of H-pyrrole nitrogens is 1. The summed E-state index contributed by atoms with van der Waals surface area (Å²) in [5, 5.41) is 0. The number of hydrogen-bond acceptors (Lipinski definition) is 7. The van der Waals surface area contributed by atoms with Crippen LogP contribution in [0.15, 0.2) is 52.3 Å². The highest BCUT2D eigenvalue weighted by molar-refractivity contribution is 5.99. The number of imidazole rings is 1. The Morgan fingerprint density at radius 2 is 1.83 bits per heavy atom. The van der Waals surface area contributed by atoms with Crippen LogP contribution in [0.1, 0.15) is 29.7 Å². The van der Waals surface area contributed by atoms with Gasteiger partial charge in [0.15, 0.2) is 5.65 Å². The summed E-state index contributed by atoms with van der Waals surface area (Å²) in [6.45, 7) is 6.95. The third-order valence-corrected chi connectivity index (χ3v) is 6.57. The number of rotatable bonds is 9. The van der Waals surface area contributed by atoms with Crippen molar-refractivity contribution >= 4 is 22.4 Å². The second-order valence-corrected chi connectivity index (χ2v) is 9.15. The molecule has 1 saturated heterocycles. The number of fused-ring (bicyclic) bond motifs is 1. The fourth-order valence-corrected chi connectivity index (χ4v) is 4.61. The van der Waals surface area contributed by atoms with Crippen molar-refractivity contribution in [3.05, 3.63) is 69.8 Å². The number of aryl methyl sites for hydroxylation is 1. The fourth-order valence-electron chi connectivity index (χ4n) is 4.61. The first-order valence-electron chi connectivity index (χ1n) is 12.4. The number of nitrogens with zero attached hydrogens (tertiary/aromatic N) is 5. The number of methoxy groups -OCH3 is 1. The molecule has 188 valence electrons. The van der Waals surface area contributed by atoms with Crippen LogP contribution in [-0.2, 0) is 11.3 Å². The van der Waals surface area contributed by atoms with Crippen molar-refractivity contribution in [3.8, 4) is 6.01 Å². The summed E-state index contributed by atoms with van der Waals surface area (Å²) in [7, 11) is 1.61. The van der Waals surface area contributed by atoms with Gasteiger partial charge < -0.3 is 14.5 Å². The van der Waals surface area contributed by atoms with Gasteiger partial charge in [0.25, 0.3) is 0 Å². The summed E-state index contributed by atoms with van der Waals surface area (Å²) in [5.74, 6) is 0. The molecule has 2 aliphatic heterocycles. The zero-order valence-corrected chi connectivity index (χ0v) is 20.9. The van der Waals surface area contributed by atoms with Gasteiger partial charge in [-0.3, -0.25) is 14.5 Å². The number of hydrogen-bond donors (Lipinski definition) is 1. The van der Waals surface area contributed by atoms with E-state index in [4.69, 9.17) is 14.5 Å². The maximum absolute atomic E-state index is 12.7. The average Bonchev–Trinajstić information content (AvgIpc) is 3.42. The molecule has 1 aromatic carbocycles. The quantitative estimate of drug-likeness (QED) is 0.465. The SMILES string of the molecule is COCCOc1nc(C)c2[nH]c(=O)n(Cc3ccc(C4=CCN=C(CN5CCCC5)C=C4)cc3)c2n1. The van der Waals surface area contributed by atoms with Gasteiger partial charge in [-0.05, 0) is 55.6 Å². The first kappa shape index (κ1) is 24.1. The second-order valence-electron chi connectivity index (χ2n) is 9.15. The molecular formula is C27H32N6O3. The van der Waals surface area contributed by atoms with E-state index in [0.717, 1.165) is 29.0 Å². The predicted molar refractivity (Wildman–Crippen MR) is 141 cm³/mol. The monoisotopic (exact) mass is 488 g/mol. The van der Waals surface area contributed by atoms with Crippen LogP contribution in [0.3, 0.4) is 0 Å². The summed E-state index contributed by atoms with van der Waals surface area (Å²) < 4.78 is 12.2. The molecule has 0 aliphatic carbocycles. The van der Waals surface area contributed by atoms with E-state index >= 15 is 0 Å². The van der Waals surface area contributed by atoms with E-state index in [0.29, 0.717) is 43.2 Å². The van der Waals surface area contributed by atoms with Gasteiger partial charge in [0, 0.05) is 19.4 Å². The van der Waals surface area contributed by atoms with Gasteiger partial charge in [0.1, 0.15) is 12.1 Å². The maximum atomic E-state index is 12.7. The molecule has 5 rings (SSSR count). The van der Waals surface area contributed by atoms with Crippen molar-refractivity contribution in [1.82, 2.24) is 24.4 Å². The molecule has 0 saturated carbocycles. The molecule has 9 nitrogen and oxygen atoms in total. The zero-order chi connectivity index (χ0) is 24.9.